The van der Waals surface area contributed by atoms with Crippen LogP contribution in [0.1, 0.15) is 25.7 Å². The number of likely N-dealkylation sites (tertiary alicyclic amines) is 1. The zero-order valence-corrected chi connectivity index (χ0v) is 14.4. The number of aromatic nitrogens is 2. The van der Waals surface area contributed by atoms with Crippen LogP contribution < -0.4 is 10.9 Å². The second-order valence-corrected chi connectivity index (χ2v) is 7.04. The number of piperidine rings is 1. The molecule has 2 aliphatic heterocycles. The lowest BCUT2D eigenvalue weighted by Crippen LogP contribution is -2.47. The standard InChI is InChI=1S/C17H26N4O4/c22-13-20-5-3-17(24,4-6-20)11-21-12-19-15(9-16(21)23)18-10-14-1-7-25-8-2-14/h9,12-14,18,24H,1-8,10-11H2. The first-order valence-corrected chi connectivity index (χ1v) is 8.88. The predicted molar refractivity (Wildman–Crippen MR) is 92.4 cm³/mol. The number of rotatable bonds is 6. The monoisotopic (exact) mass is 350 g/mol. The van der Waals surface area contributed by atoms with E-state index in [9.17, 15) is 14.7 Å². The minimum atomic E-state index is -0.970. The van der Waals surface area contributed by atoms with Crippen LogP contribution in [0, 0.1) is 5.92 Å². The Kier molecular flexibility index (Phi) is 5.70. The van der Waals surface area contributed by atoms with Gasteiger partial charge in [0.1, 0.15) is 5.82 Å². The topological polar surface area (TPSA) is 96.7 Å². The average molecular weight is 350 g/mol. The van der Waals surface area contributed by atoms with Crippen molar-refractivity contribution in [2.45, 2.75) is 37.8 Å². The molecule has 1 amide bonds. The zero-order chi connectivity index (χ0) is 17.7. The maximum absolute atomic E-state index is 12.3. The van der Waals surface area contributed by atoms with Crippen molar-refractivity contribution in [1.29, 1.82) is 0 Å². The second-order valence-electron chi connectivity index (χ2n) is 7.04. The maximum Gasteiger partial charge on any atom is 0.255 e. The number of anilines is 1. The van der Waals surface area contributed by atoms with Gasteiger partial charge >= 0.3 is 0 Å². The van der Waals surface area contributed by atoms with Crippen molar-refractivity contribution < 1.29 is 14.6 Å². The maximum atomic E-state index is 12.3. The summed E-state index contributed by atoms with van der Waals surface area (Å²) in [6.45, 7) is 3.58. The first kappa shape index (κ1) is 17.9. The number of ether oxygens (including phenoxy) is 1. The molecule has 0 spiro atoms. The van der Waals surface area contributed by atoms with Gasteiger partial charge in [-0.3, -0.25) is 14.2 Å². The molecule has 2 aliphatic rings. The van der Waals surface area contributed by atoms with Gasteiger partial charge in [0, 0.05) is 38.9 Å². The van der Waals surface area contributed by atoms with Crippen LogP contribution in [0.5, 0.6) is 0 Å². The van der Waals surface area contributed by atoms with Crippen LogP contribution in [0.3, 0.4) is 0 Å². The molecule has 0 radical (unpaired) electrons. The highest BCUT2D eigenvalue weighted by molar-refractivity contribution is 5.47. The quantitative estimate of drug-likeness (QED) is 0.705. The molecule has 2 N–H and O–H groups in total. The van der Waals surface area contributed by atoms with E-state index in [1.165, 1.54) is 17.0 Å². The molecule has 0 unspecified atom stereocenters. The summed E-state index contributed by atoms with van der Waals surface area (Å²) in [6, 6.07) is 1.48. The molecule has 0 bridgehead atoms. The Labute approximate surface area is 146 Å². The molecule has 138 valence electrons. The molecule has 0 saturated carbocycles. The summed E-state index contributed by atoms with van der Waals surface area (Å²) < 4.78 is 6.78. The van der Waals surface area contributed by atoms with Crippen LogP contribution in [-0.2, 0) is 16.1 Å². The van der Waals surface area contributed by atoms with E-state index in [-0.39, 0.29) is 12.1 Å². The molecule has 1 aromatic rings. The highest BCUT2D eigenvalue weighted by Gasteiger charge is 2.32. The zero-order valence-electron chi connectivity index (χ0n) is 14.4. The van der Waals surface area contributed by atoms with Crippen LogP contribution >= 0.6 is 0 Å². The number of nitrogens with zero attached hydrogens (tertiary/aromatic N) is 3. The van der Waals surface area contributed by atoms with Crippen LogP contribution in [0.2, 0.25) is 0 Å². The van der Waals surface area contributed by atoms with Crippen molar-refractivity contribution in [3.05, 3.63) is 22.7 Å². The van der Waals surface area contributed by atoms with Crippen LogP contribution in [0.4, 0.5) is 5.82 Å². The molecular formula is C17H26N4O4. The minimum absolute atomic E-state index is 0.185. The van der Waals surface area contributed by atoms with Crippen molar-refractivity contribution in [3.63, 3.8) is 0 Å². The van der Waals surface area contributed by atoms with Gasteiger partial charge in [0.2, 0.25) is 6.41 Å². The Bertz CT molecular complexity index is 634. The summed E-state index contributed by atoms with van der Waals surface area (Å²) >= 11 is 0. The van der Waals surface area contributed by atoms with Gasteiger partial charge < -0.3 is 20.1 Å². The highest BCUT2D eigenvalue weighted by Crippen LogP contribution is 2.23. The largest absolute Gasteiger partial charge is 0.388 e. The molecule has 3 heterocycles. The summed E-state index contributed by atoms with van der Waals surface area (Å²) in [6.07, 6.45) is 5.25. The summed E-state index contributed by atoms with van der Waals surface area (Å²) in [7, 11) is 0. The average Bonchev–Trinajstić information content (AvgIpc) is 2.63. The first-order valence-electron chi connectivity index (χ1n) is 8.88. The van der Waals surface area contributed by atoms with Crippen molar-refractivity contribution in [1.82, 2.24) is 14.5 Å². The van der Waals surface area contributed by atoms with Gasteiger partial charge in [-0.05, 0) is 31.6 Å². The number of hydrogen-bond acceptors (Lipinski definition) is 6. The molecule has 8 nitrogen and oxygen atoms in total. The lowest BCUT2D eigenvalue weighted by atomic mass is 9.91. The third kappa shape index (κ3) is 4.79. The van der Waals surface area contributed by atoms with Crippen LogP contribution in [-0.4, -0.2) is 64.4 Å². The molecule has 0 atom stereocenters. The normalized spacial score (nSPS) is 21.1. The minimum Gasteiger partial charge on any atom is -0.388 e. The van der Waals surface area contributed by atoms with Crippen molar-refractivity contribution in [2.75, 3.05) is 38.2 Å². The number of nitrogens with one attached hydrogen (secondary N) is 1. The molecule has 8 heteroatoms. The summed E-state index contributed by atoms with van der Waals surface area (Å²) in [5.41, 5.74) is -1.15. The lowest BCUT2D eigenvalue weighted by molar-refractivity contribution is -0.122. The molecule has 3 rings (SSSR count). The van der Waals surface area contributed by atoms with Crippen molar-refractivity contribution >= 4 is 12.2 Å². The van der Waals surface area contributed by atoms with Gasteiger partial charge in [0.15, 0.2) is 0 Å². The molecule has 0 aliphatic carbocycles. The van der Waals surface area contributed by atoms with Gasteiger partial charge in [0.05, 0.1) is 18.5 Å². The van der Waals surface area contributed by atoms with Gasteiger partial charge in [-0.1, -0.05) is 0 Å². The molecule has 1 aromatic heterocycles. The fourth-order valence-corrected chi connectivity index (χ4v) is 3.36. The van der Waals surface area contributed by atoms with E-state index in [1.807, 2.05) is 0 Å². The van der Waals surface area contributed by atoms with Crippen LogP contribution in [0.15, 0.2) is 17.2 Å². The molecule has 2 fully saturated rings. The van der Waals surface area contributed by atoms with E-state index in [2.05, 4.69) is 10.3 Å². The summed E-state index contributed by atoms with van der Waals surface area (Å²) in [5, 5.41) is 13.9. The Morgan fingerprint density at radius 1 is 1.36 bits per heavy atom. The molecular weight excluding hydrogens is 324 g/mol. The van der Waals surface area contributed by atoms with Gasteiger partial charge in [-0.25, -0.2) is 4.98 Å². The van der Waals surface area contributed by atoms with Crippen LogP contribution in [0.25, 0.3) is 0 Å². The smallest absolute Gasteiger partial charge is 0.255 e. The van der Waals surface area contributed by atoms with Crippen molar-refractivity contribution in [3.8, 4) is 0 Å². The number of aliphatic hydroxyl groups is 1. The number of carbonyl (C=O) groups excluding carboxylic acids is 1. The van der Waals surface area contributed by atoms with E-state index in [0.29, 0.717) is 37.7 Å². The summed E-state index contributed by atoms with van der Waals surface area (Å²) in [4.78, 5) is 29.0. The third-order valence-corrected chi connectivity index (χ3v) is 5.13. The van der Waals surface area contributed by atoms with Gasteiger partial charge in [-0.15, -0.1) is 0 Å². The van der Waals surface area contributed by atoms with E-state index >= 15 is 0 Å². The SMILES string of the molecule is O=CN1CCC(O)(Cn2cnc(NCC3CCOCC3)cc2=O)CC1. The number of carbonyl (C=O) groups is 1. The Morgan fingerprint density at radius 3 is 2.72 bits per heavy atom. The molecule has 2 saturated heterocycles. The predicted octanol–water partition coefficient (Wildman–Crippen LogP) is 0.0651. The van der Waals surface area contributed by atoms with E-state index in [0.717, 1.165) is 39.0 Å². The fourth-order valence-electron chi connectivity index (χ4n) is 3.36. The first-order chi connectivity index (χ1) is 12.1. The Hall–Kier alpha value is -1.93. The van der Waals surface area contributed by atoms with Crippen molar-refractivity contribution in [2.24, 2.45) is 5.92 Å². The Morgan fingerprint density at radius 2 is 2.08 bits per heavy atom. The third-order valence-electron chi connectivity index (χ3n) is 5.13. The second kappa shape index (κ2) is 7.97. The fraction of sp³-hybridized carbons (Fsp3) is 0.706. The number of amides is 1. The number of hydrogen-bond donors (Lipinski definition) is 2. The Balaban J connectivity index is 1.56. The lowest BCUT2D eigenvalue weighted by Gasteiger charge is -2.36. The van der Waals surface area contributed by atoms with E-state index < -0.39 is 5.60 Å². The molecule has 25 heavy (non-hydrogen) atoms. The van der Waals surface area contributed by atoms with E-state index in [4.69, 9.17) is 4.74 Å². The van der Waals surface area contributed by atoms with Gasteiger partial charge in [-0.2, -0.15) is 0 Å². The van der Waals surface area contributed by atoms with Gasteiger partial charge in [0.25, 0.3) is 5.56 Å². The van der Waals surface area contributed by atoms with E-state index in [1.54, 1.807) is 4.90 Å². The molecule has 0 aromatic carbocycles. The highest BCUT2D eigenvalue weighted by atomic mass is 16.5. The summed E-state index contributed by atoms with van der Waals surface area (Å²) in [5.74, 6) is 1.11.